The first-order chi connectivity index (χ1) is 11.0. The average Bonchev–Trinajstić information content (AvgIpc) is 3.00. The SMILES string of the molecule is C=C(C)COc1cccc(C(=O)NCC2CC(C(C)C)=NO2)c1. The van der Waals surface area contributed by atoms with E-state index in [1.165, 1.54) is 0 Å². The van der Waals surface area contributed by atoms with Gasteiger partial charge >= 0.3 is 0 Å². The topological polar surface area (TPSA) is 59.9 Å². The maximum Gasteiger partial charge on any atom is 0.251 e. The van der Waals surface area contributed by atoms with Gasteiger partial charge in [-0.05, 0) is 36.6 Å². The molecule has 1 N–H and O–H groups in total. The summed E-state index contributed by atoms with van der Waals surface area (Å²) in [5.41, 5.74) is 2.53. The summed E-state index contributed by atoms with van der Waals surface area (Å²) in [5.74, 6) is 0.883. The minimum atomic E-state index is -0.146. The summed E-state index contributed by atoms with van der Waals surface area (Å²) in [5, 5.41) is 6.94. The standard InChI is InChI=1S/C18H24N2O3/c1-12(2)11-22-15-7-5-6-14(8-15)18(21)19-10-16-9-17(13(3)4)20-23-16/h5-8,13,16H,1,9-11H2,2-4H3,(H,19,21). The Hall–Kier alpha value is -2.30. The molecule has 0 fully saturated rings. The Balaban J connectivity index is 1.84. The molecule has 23 heavy (non-hydrogen) atoms. The molecule has 1 aliphatic heterocycles. The van der Waals surface area contributed by atoms with Gasteiger partial charge < -0.3 is 14.9 Å². The van der Waals surface area contributed by atoms with Gasteiger partial charge in [0.2, 0.25) is 0 Å². The fourth-order valence-corrected chi connectivity index (χ4v) is 2.14. The Morgan fingerprint density at radius 1 is 1.52 bits per heavy atom. The Bertz CT molecular complexity index is 608. The highest BCUT2D eigenvalue weighted by atomic mass is 16.6. The van der Waals surface area contributed by atoms with E-state index in [2.05, 4.69) is 30.9 Å². The fourth-order valence-electron chi connectivity index (χ4n) is 2.14. The maximum atomic E-state index is 12.2. The Kier molecular flexibility index (Phi) is 5.79. The smallest absolute Gasteiger partial charge is 0.251 e. The molecular formula is C18H24N2O3. The van der Waals surface area contributed by atoms with Gasteiger partial charge in [-0.25, -0.2) is 0 Å². The van der Waals surface area contributed by atoms with Crippen molar-refractivity contribution >= 4 is 11.6 Å². The number of nitrogens with zero attached hydrogens (tertiary/aromatic N) is 1. The summed E-state index contributed by atoms with van der Waals surface area (Å²) in [7, 11) is 0. The van der Waals surface area contributed by atoms with Crippen molar-refractivity contribution in [3.8, 4) is 5.75 Å². The summed E-state index contributed by atoms with van der Waals surface area (Å²) in [4.78, 5) is 17.6. The highest BCUT2D eigenvalue weighted by molar-refractivity contribution is 5.94. The van der Waals surface area contributed by atoms with Gasteiger partial charge in [0, 0.05) is 12.0 Å². The van der Waals surface area contributed by atoms with Crippen molar-refractivity contribution in [1.82, 2.24) is 5.32 Å². The van der Waals surface area contributed by atoms with Crippen LogP contribution in [0, 0.1) is 5.92 Å². The molecule has 2 rings (SSSR count). The van der Waals surface area contributed by atoms with Gasteiger partial charge in [-0.15, -0.1) is 0 Å². The van der Waals surface area contributed by atoms with Crippen molar-refractivity contribution < 1.29 is 14.4 Å². The molecule has 124 valence electrons. The van der Waals surface area contributed by atoms with Gasteiger partial charge in [0.25, 0.3) is 5.91 Å². The number of carbonyl (C=O) groups excluding carboxylic acids is 1. The maximum absolute atomic E-state index is 12.2. The normalized spacial score (nSPS) is 16.7. The molecule has 1 aromatic rings. The molecule has 1 atom stereocenters. The van der Waals surface area contributed by atoms with Crippen LogP contribution in [0.4, 0.5) is 0 Å². The van der Waals surface area contributed by atoms with Crippen molar-refractivity contribution in [2.75, 3.05) is 13.2 Å². The van der Waals surface area contributed by atoms with E-state index in [0.717, 1.165) is 17.7 Å². The van der Waals surface area contributed by atoms with E-state index in [1.807, 2.05) is 13.0 Å². The van der Waals surface area contributed by atoms with Gasteiger partial charge in [0.05, 0.1) is 12.3 Å². The summed E-state index contributed by atoms with van der Waals surface area (Å²) in [6.07, 6.45) is 0.680. The van der Waals surface area contributed by atoms with E-state index in [-0.39, 0.29) is 12.0 Å². The third-order valence-electron chi connectivity index (χ3n) is 3.49. The molecule has 1 amide bonds. The minimum absolute atomic E-state index is 0.0841. The average molecular weight is 316 g/mol. The molecule has 0 spiro atoms. The van der Waals surface area contributed by atoms with Crippen LogP contribution in [0.3, 0.4) is 0 Å². The first-order valence-electron chi connectivity index (χ1n) is 7.83. The molecule has 0 saturated carbocycles. The molecular weight excluding hydrogens is 292 g/mol. The number of ether oxygens (including phenoxy) is 1. The zero-order valence-corrected chi connectivity index (χ0v) is 14.0. The monoisotopic (exact) mass is 316 g/mol. The highest BCUT2D eigenvalue weighted by Crippen LogP contribution is 2.16. The van der Waals surface area contributed by atoms with E-state index < -0.39 is 0 Å². The van der Waals surface area contributed by atoms with E-state index in [0.29, 0.717) is 30.4 Å². The lowest BCUT2D eigenvalue weighted by Crippen LogP contribution is -2.32. The van der Waals surface area contributed by atoms with Crippen LogP contribution in [-0.2, 0) is 4.84 Å². The van der Waals surface area contributed by atoms with Crippen LogP contribution in [0.5, 0.6) is 5.75 Å². The molecule has 0 radical (unpaired) electrons. The predicted octanol–water partition coefficient (Wildman–Crippen LogP) is 3.17. The fraction of sp³-hybridized carbons (Fsp3) is 0.444. The second-order valence-corrected chi connectivity index (χ2v) is 6.15. The Morgan fingerprint density at radius 2 is 2.30 bits per heavy atom. The van der Waals surface area contributed by atoms with Gasteiger partial charge in [0.15, 0.2) is 0 Å². The first kappa shape index (κ1) is 17.1. The van der Waals surface area contributed by atoms with Crippen LogP contribution in [-0.4, -0.2) is 30.9 Å². The molecule has 5 heteroatoms. The van der Waals surface area contributed by atoms with Crippen molar-refractivity contribution in [3.63, 3.8) is 0 Å². The van der Waals surface area contributed by atoms with Crippen molar-refractivity contribution in [2.24, 2.45) is 11.1 Å². The summed E-state index contributed by atoms with van der Waals surface area (Å²) in [6, 6.07) is 7.11. The van der Waals surface area contributed by atoms with Gasteiger partial charge in [-0.3, -0.25) is 4.79 Å². The molecule has 0 aromatic heterocycles. The number of amides is 1. The number of hydrogen-bond acceptors (Lipinski definition) is 4. The zero-order chi connectivity index (χ0) is 16.8. The third kappa shape index (κ3) is 5.13. The first-order valence-corrected chi connectivity index (χ1v) is 7.83. The van der Waals surface area contributed by atoms with Crippen molar-refractivity contribution in [1.29, 1.82) is 0 Å². The molecule has 1 unspecified atom stereocenters. The van der Waals surface area contributed by atoms with Crippen molar-refractivity contribution in [3.05, 3.63) is 42.0 Å². The summed E-state index contributed by atoms with van der Waals surface area (Å²) < 4.78 is 5.55. The second kappa shape index (κ2) is 7.81. The van der Waals surface area contributed by atoms with Gasteiger partial charge in [0.1, 0.15) is 18.5 Å². The number of hydrogen-bond donors (Lipinski definition) is 1. The van der Waals surface area contributed by atoms with Crippen molar-refractivity contribution in [2.45, 2.75) is 33.3 Å². The molecule has 1 aliphatic rings. The number of carbonyl (C=O) groups is 1. The lowest BCUT2D eigenvalue weighted by atomic mass is 10.0. The predicted molar refractivity (Wildman–Crippen MR) is 90.8 cm³/mol. The molecule has 1 heterocycles. The van der Waals surface area contributed by atoms with Crippen LogP contribution in [0.15, 0.2) is 41.6 Å². The minimum Gasteiger partial charge on any atom is -0.489 e. The van der Waals surface area contributed by atoms with Crippen LogP contribution in [0.1, 0.15) is 37.6 Å². The van der Waals surface area contributed by atoms with E-state index in [4.69, 9.17) is 9.57 Å². The number of rotatable bonds is 7. The number of oxime groups is 1. The Labute approximate surface area is 137 Å². The zero-order valence-electron chi connectivity index (χ0n) is 14.0. The van der Waals surface area contributed by atoms with E-state index in [9.17, 15) is 4.79 Å². The molecule has 0 saturated heterocycles. The van der Waals surface area contributed by atoms with Crippen LogP contribution < -0.4 is 10.1 Å². The highest BCUT2D eigenvalue weighted by Gasteiger charge is 2.23. The van der Waals surface area contributed by atoms with Crippen LogP contribution >= 0.6 is 0 Å². The second-order valence-electron chi connectivity index (χ2n) is 6.15. The van der Waals surface area contributed by atoms with E-state index >= 15 is 0 Å². The summed E-state index contributed by atoms with van der Waals surface area (Å²) in [6.45, 7) is 10.7. The molecule has 0 aliphatic carbocycles. The summed E-state index contributed by atoms with van der Waals surface area (Å²) >= 11 is 0. The number of nitrogens with one attached hydrogen (secondary N) is 1. The lowest BCUT2D eigenvalue weighted by Gasteiger charge is -2.11. The molecule has 1 aromatic carbocycles. The third-order valence-corrected chi connectivity index (χ3v) is 3.49. The van der Waals surface area contributed by atoms with Gasteiger partial charge in [-0.1, -0.05) is 31.6 Å². The van der Waals surface area contributed by atoms with Crippen LogP contribution in [0.25, 0.3) is 0 Å². The van der Waals surface area contributed by atoms with Gasteiger partial charge in [-0.2, -0.15) is 0 Å². The Morgan fingerprint density at radius 3 is 2.96 bits per heavy atom. The molecule has 0 bridgehead atoms. The molecule has 5 nitrogen and oxygen atoms in total. The van der Waals surface area contributed by atoms with Crippen LogP contribution in [0.2, 0.25) is 0 Å². The largest absolute Gasteiger partial charge is 0.489 e. The lowest BCUT2D eigenvalue weighted by molar-refractivity contribution is 0.0753. The number of benzene rings is 1. The quantitative estimate of drug-likeness (QED) is 0.786. The van der Waals surface area contributed by atoms with E-state index in [1.54, 1.807) is 18.2 Å².